The summed E-state index contributed by atoms with van der Waals surface area (Å²) in [5, 5.41) is 3.29. The van der Waals surface area contributed by atoms with Crippen LogP contribution in [0.2, 0.25) is 5.02 Å². The Morgan fingerprint density at radius 3 is 2.64 bits per heavy atom. The maximum absolute atomic E-state index is 12.3. The highest BCUT2D eigenvalue weighted by Gasteiger charge is 2.16. The molecule has 0 radical (unpaired) electrons. The fourth-order valence-corrected chi connectivity index (χ4v) is 3.35. The molecule has 2 aromatic carbocycles. The third-order valence-electron chi connectivity index (χ3n) is 3.40. The lowest BCUT2D eigenvalue weighted by Gasteiger charge is -2.09. The van der Waals surface area contributed by atoms with Crippen molar-refractivity contribution >= 4 is 27.5 Å². The highest BCUT2D eigenvalue weighted by atomic mass is 35.5. The molecule has 0 unspecified atom stereocenters. The number of carbonyl (C=O) groups excluding carboxylic acids is 1. The number of halogens is 1. The van der Waals surface area contributed by atoms with Crippen molar-refractivity contribution < 1.29 is 17.9 Å². The Kier molecular flexibility index (Phi) is 6.95. The van der Waals surface area contributed by atoms with Crippen molar-refractivity contribution in [2.24, 2.45) is 0 Å². The number of benzene rings is 2. The van der Waals surface area contributed by atoms with Crippen molar-refractivity contribution in [3.8, 4) is 0 Å². The maximum Gasteiger partial charge on any atom is 0.251 e. The molecule has 0 atom stereocenters. The molecule has 2 rings (SSSR count). The maximum atomic E-state index is 12.3. The zero-order chi connectivity index (χ0) is 18.3. The van der Waals surface area contributed by atoms with Crippen molar-refractivity contribution in [2.75, 3.05) is 20.3 Å². The van der Waals surface area contributed by atoms with Crippen LogP contribution in [0.15, 0.2) is 53.4 Å². The van der Waals surface area contributed by atoms with Crippen molar-refractivity contribution in [1.29, 1.82) is 0 Å². The number of hydrogen-bond acceptors (Lipinski definition) is 4. The van der Waals surface area contributed by atoms with Gasteiger partial charge in [0.05, 0.1) is 11.5 Å². The number of carbonyl (C=O) groups is 1. The first kappa shape index (κ1) is 19.4. The number of rotatable bonds is 8. The summed E-state index contributed by atoms with van der Waals surface area (Å²) in [6.07, 6.45) is 0. The van der Waals surface area contributed by atoms with E-state index in [1.165, 1.54) is 25.3 Å². The van der Waals surface area contributed by atoms with E-state index < -0.39 is 10.0 Å². The zero-order valence-electron chi connectivity index (χ0n) is 13.7. The second-order valence-corrected chi connectivity index (χ2v) is 7.37. The number of hydrogen-bond donors (Lipinski definition) is 2. The summed E-state index contributed by atoms with van der Waals surface area (Å²) in [5.41, 5.74) is 1.03. The van der Waals surface area contributed by atoms with Gasteiger partial charge >= 0.3 is 0 Å². The highest BCUT2D eigenvalue weighted by Crippen LogP contribution is 2.15. The minimum atomic E-state index is -3.69. The smallest absolute Gasteiger partial charge is 0.251 e. The molecule has 0 aliphatic carbocycles. The Morgan fingerprint density at radius 1 is 1.16 bits per heavy atom. The lowest BCUT2D eigenvalue weighted by atomic mass is 10.2. The average molecular weight is 383 g/mol. The molecule has 0 spiro atoms. The highest BCUT2D eigenvalue weighted by molar-refractivity contribution is 7.89. The SMILES string of the molecule is COCCNS(=O)(=O)c1cccc(C(=O)NCc2ccccc2Cl)c1. The van der Waals surface area contributed by atoms with Gasteiger partial charge < -0.3 is 10.1 Å². The molecule has 6 nitrogen and oxygen atoms in total. The molecular weight excluding hydrogens is 364 g/mol. The van der Waals surface area contributed by atoms with Crippen LogP contribution >= 0.6 is 11.6 Å². The first-order valence-corrected chi connectivity index (χ1v) is 9.40. The Balaban J connectivity index is 2.07. The fraction of sp³-hybridized carbons (Fsp3) is 0.235. The summed E-state index contributed by atoms with van der Waals surface area (Å²) in [7, 11) is -2.21. The van der Waals surface area contributed by atoms with Crippen LogP contribution in [0.4, 0.5) is 0 Å². The van der Waals surface area contributed by atoms with Gasteiger partial charge in [-0.1, -0.05) is 35.9 Å². The summed E-state index contributed by atoms with van der Waals surface area (Å²) >= 11 is 6.05. The van der Waals surface area contributed by atoms with Gasteiger partial charge in [-0.05, 0) is 29.8 Å². The van der Waals surface area contributed by atoms with E-state index in [0.717, 1.165) is 5.56 Å². The molecule has 0 aliphatic rings. The van der Waals surface area contributed by atoms with E-state index in [1.54, 1.807) is 18.2 Å². The largest absolute Gasteiger partial charge is 0.383 e. The molecule has 8 heteroatoms. The van der Waals surface area contributed by atoms with Crippen LogP contribution in [0.5, 0.6) is 0 Å². The molecule has 0 aliphatic heterocycles. The topological polar surface area (TPSA) is 84.5 Å². The van der Waals surface area contributed by atoms with Crippen molar-refractivity contribution in [2.45, 2.75) is 11.4 Å². The van der Waals surface area contributed by atoms with Gasteiger partial charge in [-0.15, -0.1) is 0 Å². The van der Waals surface area contributed by atoms with Crippen LogP contribution in [0.3, 0.4) is 0 Å². The van der Waals surface area contributed by atoms with E-state index in [1.807, 2.05) is 12.1 Å². The number of sulfonamides is 1. The Hall–Kier alpha value is -1.93. The molecule has 0 fully saturated rings. The van der Waals surface area contributed by atoms with Crippen molar-refractivity contribution in [3.63, 3.8) is 0 Å². The molecule has 0 heterocycles. The van der Waals surface area contributed by atoms with Crippen LogP contribution in [-0.2, 0) is 21.3 Å². The van der Waals surface area contributed by atoms with Gasteiger partial charge in [0, 0.05) is 30.8 Å². The predicted octanol–water partition coefficient (Wildman–Crippen LogP) is 2.19. The fourth-order valence-electron chi connectivity index (χ4n) is 2.09. The monoisotopic (exact) mass is 382 g/mol. The Morgan fingerprint density at radius 2 is 1.92 bits per heavy atom. The summed E-state index contributed by atoms with van der Waals surface area (Å²) in [4.78, 5) is 12.3. The molecule has 0 saturated carbocycles. The third-order valence-corrected chi connectivity index (χ3v) is 5.23. The summed E-state index contributed by atoms with van der Waals surface area (Å²) in [6, 6.07) is 13.0. The second-order valence-electron chi connectivity index (χ2n) is 5.19. The van der Waals surface area contributed by atoms with E-state index in [-0.39, 0.29) is 36.1 Å². The van der Waals surface area contributed by atoms with Crippen molar-refractivity contribution in [1.82, 2.24) is 10.0 Å². The first-order chi connectivity index (χ1) is 11.9. The van der Waals surface area contributed by atoms with Crippen molar-refractivity contribution in [3.05, 3.63) is 64.7 Å². The van der Waals surface area contributed by atoms with Gasteiger partial charge in [0.2, 0.25) is 10.0 Å². The van der Waals surface area contributed by atoms with Gasteiger partial charge in [0.15, 0.2) is 0 Å². The zero-order valence-corrected chi connectivity index (χ0v) is 15.2. The Labute approximate surface area is 152 Å². The minimum absolute atomic E-state index is 0.0222. The van der Waals surface area contributed by atoms with E-state index >= 15 is 0 Å². The lowest BCUT2D eigenvalue weighted by Crippen LogP contribution is -2.28. The van der Waals surface area contributed by atoms with Gasteiger partial charge in [-0.3, -0.25) is 4.79 Å². The van der Waals surface area contributed by atoms with Gasteiger partial charge in [-0.2, -0.15) is 0 Å². The molecule has 0 saturated heterocycles. The Bertz CT molecular complexity index is 840. The van der Waals surface area contributed by atoms with Crippen LogP contribution in [-0.4, -0.2) is 34.6 Å². The first-order valence-electron chi connectivity index (χ1n) is 7.54. The quantitative estimate of drug-likeness (QED) is 0.685. The summed E-state index contributed by atoms with van der Waals surface area (Å²) in [5.74, 6) is -0.381. The number of methoxy groups -OCH3 is 1. The summed E-state index contributed by atoms with van der Waals surface area (Å²) in [6.45, 7) is 0.667. The number of amides is 1. The average Bonchev–Trinajstić information content (AvgIpc) is 2.61. The predicted molar refractivity (Wildman–Crippen MR) is 96.1 cm³/mol. The van der Waals surface area contributed by atoms with E-state index in [0.29, 0.717) is 5.02 Å². The molecule has 0 bridgehead atoms. The summed E-state index contributed by atoms with van der Waals surface area (Å²) < 4.78 is 31.6. The number of ether oxygens (including phenoxy) is 1. The lowest BCUT2D eigenvalue weighted by molar-refractivity contribution is 0.0950. The van der Waals surface area contributed by atoms with E-state index in [2.05, 4.69) is 10.0 Å². The number of nitrogens with one attached hydrogen (secondary N) is 2. The van der Waals surface area contributed by atoms with E-state index in [9.17, 15) is 13.2 Å². The van der Waals surface area contributed by atoms with Gasteiger partial charge in [-0.25, -0.2) is 13.1 Å². The minimum Gasteiger partial charge on any atom is -0.383 e. The normalized spacial score (nSPS) is 11.3. The van der Waals surface area contributed by atoms with Gasteiger partial charge in [0.1, 0.15) is 0 Å². The van der Waals surface area contributed by atoms with Crippen LogP contribution in [0, 0.1) is 0 Å². The molecule has 25 heavy (non-hydrogen) atoms. The van der Waals surface area contributed by atoms with Crippen LogP contribution in [0.25, 0.3) is 0 Å². The molecule has 2 aromatic rings. The molecule has 0 aromatic heterocycles. The molecule has 2 N–H and O–H groups in total. The molecule has 134 valence electrons. The third kappa shape index (κ3) is 5.54. The van der Waals surface area contributed by atoms with Crippen LogP contribution in [0.1, 0.15) is 15.9 Å². The second kappa shape index (κ2) is 8.96. The standard InChI is InChI=1S/C17H19ClN2O4S/c1-24-10-9-20-25(22,23)15-7-4-6-13(11-15)17(21)19-12-14-5-2-3-8-16(14)18/h2-8,11,20H,9-10,12H2,1H3,(H,19,21). The molecular formula is C17H19ClN2O4S. The molecule has 1 amide bonds. The van der Waals surface area contributed by atoms with E-state index in [4.69, 9.17) is 16.3 Å². The van der Waals surface area contributed by atoms with Gasteiger partial charge in [0.25, 0.3) is 5.91 Å². The van der Waals surface area contributed by atoms with Crippen LogP contribution < -0.4 is 10.0 Å².